The van der Waals surface area contributed by atoms with Crippen LogP contribution in [0, 0.1) is 6.92 Å². The molecule has 2 aromatic heterocycles. The van der Waals surface area contributed by atoms with Gasteiger partial charge in [-0.2, -0.15) is 5.10 Å². The van der Waals surface area contributed by atoms with E-state index in [1.807, 2.05) is 20.9 Å². The molecule has 2 N–H and O–H groups in total. The van der Waals surface area contributed by atoms with Gasteiger partial charge in [0.05, 0.1) is 11.1 Å². The Morgan fingerprint density at radius 3 is 2.76 bits per heavy atom. The Morgan fingerprint density at radius 1 is 1.38 bits per heavy atom. The first-order chi connectivity index (χ1) is 9.95. The van der Waals surface area contributed by atoms with Gasteiger partial charge in [-0.05, 0) is 24.9 Å². The van der Waals surface area contributed by atoms with Gasteiger partial charge >= 0.3 is 0 Å². The third-order valence-corrected chi connectivity index (χ3v) is 5.86. The zero-order chi connectivity index (χ0) is 15.5. The summed E-state index contributed by atoms with van der Waals surface area (Å²) in [5.74, 6) is 0. The zero-order valence-corrected chi connectivity index (χ0v) is 14.0. The van der Waals surface area contributed by atoms with Gasteiger partial charge < -0.3 is 5.32 Å². The molecule has 0 radical (unpaired) electrons. The van der Waals surface area contributed by atoms with E-state index >= 15 is 0 Å². The highest BCUT2D eigenvalue weighted by Crippen LogP contribution is 2.22. The second-order valence-electron chi connectivity index (χ2n) is 4.69. The van der Waals surface area contributed by atoms with Gasteiger partial charge in [0.2, 0.25) is 10.0 Å². The Balaban J connectivity index is 2.12. The minimum absolute atomic E-state index is 0.249. The lowest BCUT2D eigenvalue weighted by molar-refractivity contribution is 0.579. The molecular formula is C13H20N4O2S2. The molecule has 2 heterocycles. The number of nitrogens with zero attached hydrogens (tertiary/aromatic N) is 2. The summed E-state index contributed by atoms with van der Waals surface area (Å²) in [6.45, 7) is 5.53. The maximum Gasteiger partial charge on any atom is 0.242 e. The molecule has 2 rings (SSSR count). The first-order valence-corrected chi connectivity index (χ1v) is 9.06. The second kappa shape index (κ2) is 6.69. The Kier molecular flexibility index (Phi) is 5.15. The Morgan fingerprint density at radius 2 is 2.14 bits per heavy atom. The molecule has 6 nitrogen and oxygen atoms in total. The van der Waals surface area contributed by atoms with Crippen molar-refractivity contribution < 1.29 is 8.42 Å². The topological polar surface area (TPSA) is 76.0 Å². The molecule has 2 aromatic rings. The van der Waals surface area contributed by atoms with Crippen molar-refractivity contribution in [3.8, 4) is 0 Å². The average Bonchev–Trinajstić information content (AvgIpc) is 3.04. The number of sulfonamides is 1. The number of hydrogen-bond acceptors (Lipinski definition) is 5. The molecule has 0 aliphatic heterocycles. The van der Waals surface area contributed by atoms with Crippen molar-refractivity contribution in [2.24, 2.45) is 7.05 Å². The number of aryl methyl sites for hydroxylation is 1. The van der Waals surface area contributed by atoms with Crippen LogP contribution in [0.1, 0.15) is 23.1 Å². The van der Waals surface area contributed by atoms with Crippen molar-refractivity contribution in [1.82, 2.24) is 19.8 Å². The van der Waals surface area contributed by atoms with Gasteiger partial charge in [-0.3, -0.25) is 4.68 Å². The van der Waals surface area contributed by atoms with E-state index in [1.54, 1.807) is 22.3 Å². The number of aromatic nitrogens is 2. The van der Waals surface area contributed by atoms with E-state index in [-0.39, 0.29) is 6.54 Å². The van der Waals surface area contributed by atoms with Crippen LogP contribution in [-0.4, -0.2) is 24.7 Å². The quantitative estimate of drug-likeness (QED) is 0.805. The first-order valence-electron chi connectivity index (χ1n) is 6.70. The molecule has 0 aromatic carbocycles. The molecule has 0 unspecified atom stereocenters. The molecule has 0 bridgehead atoms. The normalized spacial score (nSPS) is 12.0. The van der Waals surface area contributed by atoms with Gasteiger partial charge in [-0.1, -0.05) is 6.92 Å². The molecular weight excluding hydrogens is 308 g/mol. The van der Waals surface area contributed by atoms with Crippen molar-refractivity contribution in [3.05, 3.63) is 33.8 Å². The predicted molar refractivity (Wildman–Crippen MR) is 83.7 cm³/mol. The van der Waals surface area contributed by atoms with Crippen molar-refractivity contribution >= 4 is 21.4 Å². The minimum Gasteiger partial charge on any atom is -0.312 e. The van der Waals surface area contributed by atoms with Crippen LogP contribution in [0.25, 0.3) is 0 Å². The van der Waals surface area contributed by atoms with Crippen LogP contribution in [0.5, 0.6) is 0 Å². The van der Waals surface area contributed by atoms with Crippen LogP contribution < -0.4 is 10.0 Å². The first kappa shape index (κ1) is 16.2. The molecule has 0 atom stereocenters. The lowest BCUT2D eigenvalue weighted by Crippen LogP contribution is -2.24. The van der Waals surface area contributed by atoms with E-state index in [0.717, 1.165) is 22.7 Å². The third kappa shape index (κ3) is 3.70. The van der Waals surface area contributed by atoms with Crippen LogP contribution in [0.2, 0.25) is 0 Å². The van der Waals surface area contributed by atoms with Crippen molar-refractivity contribution in [3.63, 3.8) is 0 Å². The Bertz CT molecular complexity index is 704. The smallest absolute Gasteiger partial charge is 0.242 e. The molecule has 0 fully saturated rings. The fourth-order valence-electron chi connectivity index (χ4n) is 1.90. The standard InChI is InChI=1S/C13H20N4O2S2/c1-4-14-9-12-13(5-6-20-12)21(18,19)16-8-11-7-15-17(3)10(11)2/h5-7,14,16H,4,8-9H2,1-3H3. The summed E-state index contributed by atoms with van der Waals surface area (Å²) in [4.78, 5) is 1.18. The maximum atomic E-state index is 12.4. The summed E-state index contributed by atoms with van der Waals surface area (Å²) in [5.41, 5.74) is 1.83. The largest absolute Gasteiger partial charge is 0.312 e. The van der Waals surface area contributed by atoms with Gasteiger partial charge in [0.15, 0.2) is 0 Å². The van der Waals surface area contributed by atoms with E-state index in [0.29, 0.717) is 11.4 Å². The van der Waals surface area contributed by atoms with Crippen LogP contribution in [0.3, 0.4) is 0 Å². The molecule has 0 spiro atoms. The highest BCUT2D eigenvalue weighted by atomic mass is 32.2. The number of rotatable bonds is 7. The Labute approximate surface area is 129 Å². The zero-order valence-electron chi connectivity index (χ0n) is 12.4. The van der Waals surface area contributed by atoms with Crippen molar-refractivity contribution in [1.29, 1.82) is 0 Å². The van der Waals surface area contributed by atoms with Gasteiger partial charge in [0, 0.05) is 36.3 Å². The van der Waals surface area contributed by atoms with Crippen LogP contribution in [0.15, 0.2) is 22.5 Å². The number of thiophene rings is 1. The summed E-state index contributed by atoms with van der Waals surface area (Å²) < 4.78 is 29.2. The van der Waals surface area contributed by atoms with Gasteiger partial charge in [0.25, 0.3) is 0 Å². The van der Waals surface area contributed by atoms with Gasteiger partial charge in [-0.15, -0.1) is 11.3 Å². The fourth-order valence-corrected chi connectivity index (χ4v) is 4.32. The van der Waals surface area contributed by atoms with E-state index < -0.39 is 10.0 Å². The molecule has 0 aliphatic carbocycles. The summed E-state index contributed by atoms with van der Waals surface area (Å²) >= 11 is 1.45. The van der Waals surface area contributed by atoms with Crippen molar-refractivity contribution in [2.75, 3.05) is 6.54 Å². The van der Waals surface area contributed by atoms with E-state index in [9.17, 15) is 8.42 Å². The molecule has 0 saturated carbocycles. The highest BCUT2D eigenvalue weighted by molar-refractivity contribution is 7.89. The van der Waals surface area contributed by atoms with Crippen LogP contribution in [0.4, 0.5) is 0 Å². The van der Waals surface area contributed by atoms with Gasteiger partial charge in [-0.25, -0.2) is 13.1 Å². The highest BCUT2D eigenvalue weighted by Gasteiger charge is 2.19. The number of hydrogen-bond donors (Lipinski definition) is 2. The van der Waals surface area contributed by atoms with E-state index in [2.05, 4.69) is 15.1 Å². The van der Waals surface area contributed by atoms with Crippen LogP contribution >= 0.6 is 11.3 Å². The summed E-state index contributed by atoms with van der Waals surface area (Å²) in [6, 6.07) is 1.65. The maximum absolute atomic E-state index is 12.4. The van der Waals surface area contributed by atoms with Gasteiger partial charge in [0.1, 0.15) is 0 Å². The Hall–Kier alpha value is -1.22. The molecule has 21 heavy (non-hydrogen) atoms. The predicted octanol–water partition coefficient (Wildman–Crippen LogP) is 1.38. The molecule has 0 aliphatic rings. The fraction of sp³-hybridized carbons (Fsp3) is 0.462. The SMILES string of the molecule is CCNCc1sccc1S(=O)(=O)NCc1cnn(C)c1C. The average molecular weight is 328 g/mol. The van der Waals surface area contributed by atoms with E-state index in [4.69, 9.17) is 0 Å². The molecule has 116 valence electrons. The minimum atomic E-state index is -3.50. The molecule has 8 heteroatoms. The van der Waals surface area contributed by atoms with Crippen LogP contribution in [-0.2, 0) is 30.2 Å². The lowest BCUT2D eigenvalue weighted by atomic mass is 10.3. The lowest BCUT2D eigenvalue weighted by Gasteiger charge is -2.08. The summed E-state index contributed by atoms with van der Waals surface area (Å²) in [5, 5.41) is 9.07. The summed E-state index contributed by atoms with van der Waals surface area (Å²) in [7, 11) is -1.67. The van der Waals surface area contributed by atoms with E-state index in [1.165, 1.54) is 11.3 Å². The summed E-state index contributed by atoms with van der Waals surface area (Å²) in [6.07, 6.45) is 1.69. The molecule has 0 saturated heterocycles. The molecule has 0 amide bonds. The number of nitrogens with one attached hydrogen (secondary N) is 2. The monoisotopic (exact) mass is 328 g/mol. The third-order valence-electron chi connectivity index (χ3n) is 3.32. The van der Waals surface area contributed by atoms with Crippen molar-refractivity contribution in [2.45, 2.75) is 31.8 Å². The second-order valence-corrected chi connectivity index (χ2v) is 7.43.